The number of hydrogen-bond donors (Lipinski definition) is 1. The number of ether oxygens (including phenoxy) is 2. The van der Waals surface area contributed by atoms with Crippen molar-refractivity contribution in [2.75, 3.05) is 32.2 Å². The molecule has 2 aromatic rings. The average Bonchev–Trinajstić information content (AvgIpc) is 2.63. The lowest BCUT2D eigenvalue weighted by Gasteiger charge is -2.38. The number of nitrogens with one attached hydrogen (secondary N) is 1. The van der Waals surface area contributed by atoms with E-state index in [1.807, 2.05) is 26.0 Å². The quantitative estimate of drug-likeness (QED) is 0.913. The van der Waals surface area contributed by atoms with E-state index in [2.05, 4.69) is 27.4 Å². The third-order valence-electron chi connectivity index (χ3n) is 4.82. The maximum Gasteiger partial charge on any atom is 0.147 e. The van der Waals surface area contributed by atoms with Crippen LogP contribution in [0.5, 0.6) is 5.75 Å². The Hall–Kier alpha value is -2.14. The standard InChI is InChI=1S/C19H25N3O2/c1-14-12-20-15(2)18(22-14)21-13-19(8-10-24-11-9-19)16-4-6-17(23-3)7-5-16/h4-7,12H,8-11,13H2,1-3H3,(H,21,22). The monoisotopic (exact) mass is 327 g/mol. The van der Waals surface area contributed by atoms with E-state index in [9.17, 15) is 0 Å². The lowest BCUT2D eigenvalue weighted by atomic mass is 9.74. The van der Waals surface area contributed by atoms with Crippen molar-refractivity contribution in [1.29, 1.82) is 0 Å². The number of rotatable bonds is 5. The number of hydrogen-bond acceptors (Lipinski definition) is 5. The van der Waals surface area contributed by atoms with Gasteiger partial charge in [-0.15, -0.1) is 0 Å². The van der Waals surface area contributed by atoms with Gasteiger partial charge in [-0.1, -0.05) is 12.1 Å². The Bertz CT molecular complexity index is 680. The Morgan fingerprint density at radius 2 is 1.88 bits per heavy atom. The molecule has 1 saturated heterocycles. The van der Waals surface area contributed by atoms with E-state index >= 15 is 0 Å². The minimum Gasteiger partial charge on any atom is -0.497 e. The molecular formula is C19H25N3O2. The molecule has 1 fully saturated rings. The number of aromatic nitrogens is 2. The van der Waals surface area contributed by atoms with E-state index in [4.69, 9.17) is 9.47 Å². The lowest BCUT2D eigenvalue weighted by Crippen LogP contribution is -2.40. The van der Waals surface area contributed by atoms with Crippen molar-refractivity contribution >= 4 is 5.82 Å². The van der Waals surface area contributed by atoms with Crippen LogP contribution < -0.4 is 10.1 Å². The maximum atomic E-state index is 5.61. The van der Waals surface area contributed by atoms with Crippen LogP contribution in [0.3, 0.4) is 0 Å². The SMILES string of the molecule is COc1ccc(C2(CNc3nc(C)cnc3C)CCOCC2)cc1. The van der Waals surface area contributed by atoms with Gasteiger partial charge in [0.25, 0.3) is 0 Å². The molecule has 3 rings (SSSR count). The van der Waals surface area contributed by atoms with Crippen LogP contribution in [0, 0.1) is 13.8 Å². The van der Waals surface area contributed by atoms with Gasteiger partial charge in [-0.3, -0.25) is 4.98 Å². The molecule has 1 N–H and O–H groups in total. The summed E-state index contributed by atoms with van der Waals surface area (Å²) < 4.78 is 10.9. The van der Waals surface area contributed by atoms with Gasteiger partial charge in [0, 0.05) is 31.4 Å². The predicted molar refractivity (Wildman–Crippen MR) is 94.7 cm³/mol. The van der Waals surface area contributed by atoms with Crippen molar-refractivity contribution < 1.29 is 9.47 Å². The zero-order valence-corrected chi connectivity index (χ0v) is 14.6. The molecule has 1 aliphatic rings. The van der Waals surface area contributed by atoms with Crippen molar-refractivity contribution in [2.45, 2.75) is 32.1 Å². The molecule has 5 heteroatoms. The normalized spacial score (nSPS) is 16.6. The second kappa shape index (κ2) is 7.18. The Morgan fingerprint density at radius 3 is 2.54 bits per heavy atom. The minimum absolute atomic E-state index is 0.0440. The van der Waals surface area contributed by atoms with E-state index < -0.39 is 0 Å². The van der Waals surface area contributed by atoms with E-state index in [-0.39, 0.29) is 5.41 Å². The van der Waals surface area contributed by atoms with Crippen LogP contribution in [0.2, 0.25) is 0 Å². The molecule has 1 aromatic carbocycles. The highest BCUT2D eigenvalue weighted by Gasteiger charge is 2.34. The first-order valence-corrected chi connectivity index (χ1v) is 8.39. The summed E-state index contributed by atoms with van der Waals surface area (Å²) in [5.41, 5.74) is 3.21. The van der Waals surface area contributed by atoms with Crippen molar-refractivity contribution in [2.24, 2.45) is 0 Å². The van der Waals surface area contributed by atoms with Crippen LogP contribution in [-0.2, 0) is 10.2 Å². The minimum atomic E-state index is 0.0440. The van der Waals surface area contributed by atoms with Crippen molar-refractivity contribution in [1.82, 2.24) is 9.97 Å². The Morgan fingerprint density at radius 1 is 1.17 bits per heavy atom. The topological polar surface area (TPSA) is 56.3 Å². The van der Waals surface area contributed by atoms with Gasteiger partial charge in [0.15, 0.2) is 0 Å². The summed E-state index contributed by atoms with van der Waals surface area (Å²) in [4.78, 5) is 8.98. The fourth-order valence-electron chi connectivity index (χ4n) is 3.23. The Balaban J connectivity index is 1.84. The van der Waals surface area contributed by atoms with Gasteiger partial charge in [-0.05, 0) is 44.4 Å². The zero-order chi connectivity index (χ0) is 17.0. The maximum absolute atomic E-state index is 5.61. The molecule has 128 valence electrons. The van der Waals surface area contributed by atoms with E-state index in [1.165, 1.54) is 5.56 Å². The zero-order valence-electron chi connectivity index (χ0n) is 14.6. The predicted octanol–water partition coefficient (Wildman–Crippen LogP) is 3.26. The molecule has 0 atom stereocenters. The second-order valence-electron chi connectivity index (χ2n) is 6.42. The van der Waals surface area contributed by atoms with Crippen LogP contribution in [0.4, 0.5) is 5.82 Å². The summed E-state index contributed by atoms with van der Waals surface area (Å²) in [6.07, 6.45) is 3.78. The number of benzene rings is 1. The van der Waals surface area contributed by atoms with Gasteiger partial charge < -0.3 is 14.8 Å². The molecule has 1 aromatic heterocycles. The summed E-state index contributed by atoms with van der Waals surface area (Å²) in [5, 5.41) is 3.53. The second-order valence-corrected chi connectivity index (χ2v) is 6.42. The van der Waals surface area contributed by atoms with Crippen molar-refractivity contribution in [3.05, 3.63) is 47.4 Å². The fourth-order valence-corrected chi connectivity index (χ4v) is 3.23. The Kier molecular flexibility index (Phi) is 5.00. The summed E-state index contributed by atoms with van der Waals surface area (Å²) in [6, 6.07) is 8.40. The van der Waals surface area contributed by atoms with E-state index in [0.29, 0.717) is 0 Å². The highest BCUT2D eigenvalue weighted by Crippen LogP contribution is 2.36. The third kappa shape index (κ3) is 3.51. The highest BCUT2D eigenvalue weighted by molar-refractivity contribution is 5.42. The van der Waals surface area contributed by atoms with Gasteiger partial charge in [-0.25, -0.2) is 4.98 Å². The van der Waals surface area contributed by atoms with Crippen LogP contribution >= 0.6 is 0 Å². The van der Waals surface area contributed by atoms with E-state index in [1.54, 1.807) is 13.3 Å². The molecule has 0 aliphatic carbocycles. The van der Waals surface area contributed by atoms with Gasteiger partial charge >= 0.3 is 0 Å². The fraction of sp³-hybridized carbons (Fsp3) is 0.474. The molecule has 0 radical (unpaired) electrons. The first-order chi connectivity index (χ1) is 11.6. The summed E-state index contributed by atoms with van der Waals surface area (Å²) in [5.74, 6) is 1.75. The molecule has 24 heavy (non-hydrogen) atoms. The van der Waals surface area contributed by atoms with Crippen LogP contribution in [-0.4, -0.2) is 36.8 Å². The largest absolute Gasteiger partial charge is 0.497 e. The van der Waals surface area contributed by atoms with Gasteiger partial charge in [0.1, 0.15) is 11.6 Å². The molecular weight excluding hydrogens is 302 g/mol. The van der Waals surface area contributed by atoms with Gasteiger partial charge in [0.05, 0.1) is 18.5 Å². The first kappa shape index (κ1) is 16.7. The molecule has 0 amide bonds. The molecule has 0 saturated carbocycles. The smallest absolute Gasteiger partial charge is 0.147 e. The third-order valence-corrected chi connectivity index (χ3v) is 4.82. The summed E-state index contributed by atoms with van der Waals surface area (Å²) in [7, 11) is 1.69. The number of nitrogens with zero attached hydrogens (tertiary/aromatic N) is 2. The number of anilines is 1. The van der Waals surface area contributed by atoms with Gasteiger partial charge in [-0.2, -0.15) is 0 Å². The average molecular weight is 327 g/mol. The molecule has 2 heterocycles. The number of methoxy groups -OCH3 is 1. The van der Waals surface area contributed by atoms with Crippen molar-refractivity contribution in [3.63, 3.8) is 0 Å². The number of aryl methyl sites for hydroxylation is 2. The van der Waals surface area contributed by atoms with E-state index in [0.717, 1.165) is 55.6 Å². The first-order valence-electron chi connectivity index (χ1n) is 8.39. The highest BCUT2D eigenvalue weighted by atomic mass is 16.5. The molecule has 0 bridgehead atoms. The summed E-state index contributed by atoms with van der Waals surface area (Å²) in [6.45, 7) is 6.34. The molecule has 5 nitrogen and oxygen atoms in total. The van der Waals surface area contributed by atoms with Crippen LogP contribution in [0.1, 0.15) is 29.8 Å². The molecule has 0 unspecified atom stereocenters. The Labute approximate surface area is 143 Å². The summed E-state index contributed by atoms with van der Waals surface area (Å²) >= 11 is 0. The molecule has 1 aliphatic heterocycles. The van der Waals surface area contributed by atoms with Gasteiger partial charge in [0.2, 0.25) is 0 Å². The van der Waals surface area contributed by atoms with Crippen molar-refractivity contribution in [3.8, 4) is 5.75 Å². The van der Waals surface area contributed by atoms with Crippen LogP contribution in [0.15, 0.2) is 30.5 Å². The lowest BCUT2D eigenvalue weighted by molar-refractivity contribution is 0.0543. The van der Waals surface area contributed by atoms with Crippen LogP contribution in [0.25, 0.3) is 0 Å². The molecule has 0 spiro atoms.